The lowest BCUT2D eigenvalue weighted by Crippen LogP contribution is -1.98. The zero-order valence-corrected chi connectivity index (χ0v) is 10.5. The van der Waals surface area contributed by atoms with Crippen LogP contribution in [0.2, 0.25) is 0 Å². The summed E-state index contributed by atoms with van der Waals surface area (Å²) in [5.74, 6) is -0.682. The van der Waals surface area contributed by atoms with Crippen molar-refractivity contribution in [2.75, 3.05) is 0 Å². The Bertz CT molecular complexity index is 786. The molecule has 0 aliphatic heterocycles. The van der Waals surface area contributed by atoms with Gasteiger partial charge in [-0.1, -0.05) is 24.3 Å². The number of carboxylic acids is 1. The molecule has 4 heteroatoms. The van der Waals surface area contributed by atoms with Crippen molar-refractivity contribution in [2.24, 2.45) is 0 Å². The van der Waals surface area contributed by atoms with Crippen molar-refractivity contribution in [1.29, 1.82) is 0 Å². The van der Waals surface area contributed by atoms with Gasteiger partial charge >= 0.3 is 5.97 Å². The number of hydrogen-bond donors (Lipinski definition) is 2. The molecule has 2 N–H and O–H groups in total. The molecule has 0 fully saturated rings. The van der Waals surface area contributed by atoms with Gasteiger partial charge < -0.3 is 14.6 Å². The van der Waals surface area contributed by atoms with E-state index in [0.717, 1.165) is 16.5 Å². The molecule has 0 aliphatic carbocycles. The Kier molecular flexibility index (Phi) is 2.91. The molecular formula is C16H12O4. The summed E-state index contributed by atoms with van der Waals surface area (Å²) in [6.07, 6.45) is 1.42. The molecule has 0 saturated heterocycles. The molecule has 0 radical (unpaired) electrons. The first-order valence-corrected chi connectivity index (χ1v) is 6.15. The van der Waals surface area contributed by atoms with Gasteiger partial charge in [-0.15, -0.1) is 0 Å². The first-order chi connectivity index (χ1) is 9.63. The van der Waals surface area contributed by atoms with Crippen LogP contribution in [0.3, 0.4) is 0 Å². The fourth-order valence-corrected chi connectivity index (χ4v) is 2.25. The van der Waals surface area contributed by atoms with E-state index in [1.165, 1.54) is 6.26 Å². The normalized spacial score (nSPS) is 10.8. The van der Waals surface area contributed by atoms with E-state index in [1.54, 1.807) is 18.2 Å². The molecule has 0 bridgehead atoms. The number of hydrogen-bond acceptors (Lipinski definition) is 3. The molecule has 0 saturated carbocycles. The highest BCUT2D eigenvalue weighted by molar-refractivity contribution is 5.88. The van der Waals surface area contributed by atoms with Crippen molar-refractivity contribution < 1.29 is 19.4 Å². The Hall–Kier alpha value is -2.75. The zero-order chi connectivity index (χ0) is 14.1. The first kappa shape index (κ1) is 12.3. The fourth-order valence-electron chi connectivity index (χ4n) is 2.25. The second-order valence-corrected chi connectivity index (χ2v) is 4.59. The van der Waals surface area contributed by atoms with Crippen molar-refractivity contribution in [1.82, 2.24) is 0 Å². The fraction of sp³-hybridized carbons (Fsp3) is 0.0625. The van der Waals surface area contributed by atoms with Crippen molar-refractivity contribution in [3.63, 3.8) is 0 Å². The molecule has 0 spiro atoms. The maximum Gasteiger partial charge on any atom is 0.307 e. The predicted molar refractivity (Wildman–Crippen MR) is 74.7 cm³/mol. The van der Waals surface area contributed by atoms with Crippen LogP contribution in [0.15, 0.2) is 53.1 Å². The third-order valence-corrected chi connectivity index (χ3v) is 3.18. The molecule has 1 heterocycles. The molecule has 3 rings (SSSR count). The van der Waals surface area contributed by atoms with Gasteiger partial charge in [-0.3, -0.25) is 4.79 Å². The summed E-state index contributed by atoms with van der Waals surface area (Å²) in [4.78, 5) is 10.8. The Labute approximate surface area is 114 Å². The van der Waals surface area contributed by atoms with E-state index in [1.807, 2.05) is 24.3 Å². The predicted octanol–water partition coefficient (Wildman–Crippen LogP) is 3.43. The summed E-state index contributed by atoms with van der Waals surface area (Å²) in [5, 5.41) is 19.1. The van der Waals surface area contributed by atoms with Gasteiger partial charge in [0.05, 0.1) is 12.7 Å². The van der Waals surface area contributed by atoms with E-state index < -0.39 is 5.97 Å². The third-order valence-electron chi connectivity index (χ3n) is 3.18. The van der Waals surface area contributed by atoms with Crippen LogP contribution < -0.4 is 0 Å². The lowest BCUT2D eigenvalue weighted by Gasteiger charge is -2.02. The minimum atomic E-state index is -0.884. The molecular weight excluding hydrogens is 256 g/mol. The second kappa shape index (κ2) is 4.74. The average molecular weight is 268 g/mol. The van der Waals surface area contributed by atoms with Gasteiger partial charge in [-0.25, -0.2) is 0 Å². The number of aromatic hydroxyl groups is 1. The lowest BCUT2D eigenvalue weighted by atomic mass is 10.0. The standard InChI is InChI=1S/C16H12O4/c17-13-3-1-2-10(6-13)11-4-5-14-12(8-16(18)19)9-20-15(14)7-11/h1-7,9,17H,8H2,(H,18,19). The molecule has 0 aliphatic rings. The molecule has 1 aromatic heterocycles. The molecule has 3 aromatic rings. The van der Waals surface area contributed by atoms with Crippen molar-refractivity contribution in [3.05, 3.63) is 54.3 Å². The van der Waals surface area contributed by atoms with Crippen LogP contribution in [0.25, 0.3) is 22.1 Å². The summed E-state index contributed by atoms with van der Waals surface area (Å²) >= 11 is 0. The highest BCUT2D eigenvalue weighted by Gasteiger charge is 2.10. The van der Waals surface area contributed by atoms with Crippen molar-refractivity contribution >= 4 is 16.9 Å². The minimum absolute atomic E-state index is 0.0571. The van der Waals surface area contributed by atoms with Crippen LogP contribution in [0.1, 0.15) is 5.56 Å². The monoisotopic (exact) mass is 268 g/mol. The highest BCUT2D eigenvalue weighted by Crippen LogP contribution is 2.29. The van der Waals surface area contributed by atoms with Crippen LogP contribution in [0.5, 0.6) is 5.75 Å². The van der Waals surface area contributed by atoms with E-state index in [0.29, 0.717) is 11.1 Å². The Morgan fingerprint density at radius 1 is 1.10 bits per heavy atom. The van der Waals surface area contributed by atoms with Gasteiger partial charge in [-0.05, 0) is 29.3 Å². The third kappa shape index (κ3) is 2.23. The molecule has 4 nitrogen and oxygen atoms in total. The number of phenolic OH excluding ortho intramolecular Hbond substituents is 1. The van der Waals surface area contributed by atoms with Crippen LogP contribution in [-0.4, -0.2) is 16.2 Å². The number of benzene rings is 2. The Balaban J connectivity index is 2.06. The zero-order valence-electron chi connectivity index (χ0n) is 10.5. The van der Waals surface area contributed by atoms with E-state index in [2.05, 4.69) is 0 Å². The maximum absolute atomic E-state index is 10.8. The van der Waals surface area contributed by atoms with Gasteiger partial charge in [0, 0.05) is 10.9 Å². The lowest BCUT2D eigenvalue weighted by molar-refractivity contribution is -0.136. The second-order valence-electron chi connectivity index (χ2n) is 4.59. The summed E-state index contributed by atoms with van der Waals surface area (Å²) in [6.45, 7) is 0. The van der Waals surface area contributed by atoms with Gasteiger partial charge in [0.15, 0.2) is 0 Å². The molecule has 2 aromatic carbocycles. The topological polar surface area (TPSA) is 70.7 Å². The number of fused-ring (bicyclic) bond motifs is 1. The number of carbonyl (C=O) groups is 1. The highest BCUT2D eigenvalue weighted by atomic mass is 16.4. The van der Waals surface area contributed by atoms with Gasteiger partial charge in [-0.2, -0.15) is 0 Å². The SMILES string of the molecule is O=C(O)Cc1coc2cc(-c3cccc(O)c3)ccc12. The molecule has 20 heavy (non-hydrogen) atoms. The summed E-state index contributed by atoms with van der Waals surface area (Å²) in [7, 11) is 0. The Morgan fingerprint density at radius 3 is 2.65 bits per heavy atom. The summed E-state index contributed by atoms with van der Waals surface area (Å²) < 4.78 is 5.42. The first-order valence-electron chi connectivity index (χ1n) is 6.15. The largest absolute Gasteiger partial charge is 0.508 e. The van der Waals surface area contributed by atoms with E-state index in [4.69, 9.17) is 9.52 Å². The van der Waals surface area contributed by atoms with Gasteiger partial charge in [0.2, 0.25) is 0 Å². The average Bonchev–Trinajstić information content (AvgIpc) is 2.80. The number of aliphatic carboxylic acids is 1. The van der Waals surface area contributed by atoms with Gasteiger partial charge in [0.1, 0.15) is 11.3 Å². The molecule has 0 unspecified atom stereocenters. The maximum atomic E-state index is 10.8. The van der Waals surface area contributed by atoms with Gasteiger partial charge in [0.25, 0.3) is 0 Å². The molecule has 100 valence electrons. The molecule has 0 atom stereocenters. The summed E-state index contributed by atoms with van der Waals surface area (Å²) in [5.41, 5.74) is 3.09. The van der Waals surface area contributed by atoms with E-state index >= 15 is 0 Å². The van der Waals surface area contributed by atoms with E-state index in [-0.39, 0.29) is 12.2 Å². The number of phenols is 1. The number of furan rings is 1. The van der Waals surface area contributed by atoms with Crippen LogP contribution in [0, 0.1) is 0 Å². The van der Waals surface area contributed by atoms with Crippen molar-refractivity contribution in [3.8, 4) is 16.9 Å². The number of rotatable bonds is 3. The minimum Gasteiger partial charge on any atom is -0.508 e. The van der Waals surface area contributed by atoms with Crippen LogP contribution in [-0.2, 0) is 11.2 Å². The van der Waals surface area contributed by atoms with Crippen molar-refractivity contribution in [2.45, 2.75) is 6.42 Å². The molecule has 0 amide bonds. The smallest absolute Gasteiger partial charge is 0.307 e. The van der Waals surface area contributed by atoms with Crippen LogP contribution in [0.4, 0.5) is 0 Å². The Morgan fingerprint density at radius 2 is 1.90 bits per heavy atom. The summed E-state index contributed by atoms with van der Waals surface area (Å²) in [6, 6.07) is 12.5. The van der Waals surface area contributed by atoms with Crippen LogP contribution >= 0.6 is 0 Å². The quantitative estimate of drug-likeness (QED) is 0.763. The van der Waals surface area contributed by atoms with E-state index in [9.17, 15) is 9.90 Å². The number of carboxylic acid groups (broad SMARTS) is 1.